The molecule has 2 amide bonds. The van der Waals surface area contributed by atoms with E-state index in [-0.39, 0.29) is 34.7 Å². The molecule has 0 bridgehead atoms. The number of benzene rings is 2. The highest BCUT2D eigenvalue weighted by atomic mass is 19.3. The zero-order valence-corrected chi connectivity index (χ0v) is 21.8. The largest absolute Gasteiger partial charge is 0.478 e. The third-order valence-electron chi connectivity index (χ3n) is 7.08. The predicted octanol–water partition coefficient (Wildman–Crippen LogP) is 4.47. The molecule has 2 aromatic carbocycles. The SMILES string of the molecule is Cc1c(C(=O)O)ccc2c1CC[C@@H]2NC(=O)c1cc(C(=O)NCc2ccc(F)c(C(C)(F)F)c2)nc2c(F)cnn12. The van der Waals surface area contributed by atoms with E-state index in [2.05, 4.69) is 20.7 Å². The number of carbonyl (C=O) groups excluding carboxylic acids is 2. The first kappa shape index (κ1) is 27.7. The number of nitrogens with one attached hydrogen (secondary N) is 2. The van der Waals surface area contributed by atoms with Crippen LogP contribution in [0.1, 0.15) is 78.5 Å². The molecule has 9 nitrogen and oxygen atoms in total. The average molecular weight is 570 g/mol. The van der Waals surface area contributed by atoms with E-state index in [0.29, 0.717) is 25.3 Å². The minimum absolute atomic E-state index is 0.175. The summed E-state index contributed by atoms with van der Waals surface area (Å²) in [5.41, 5.74) is 0.823. The topological polar surface area (TPSA) is 126 Å². The summed E-state index contributed by atoms with van der Waals surface area (Å²) in [5.74, 6) is -7.97. The molecule has 2 heterocycles. The van der Waals surface area contributed by atoms with Crippen molar-refractivity contribution in [1.29, 1.82) is 0 Å². The number of aromatic carboxylic acids is 1. The molecule has 41 heavy (non-hydrogen) atoms. The summed E-state index contributed by atoms with van der Waals surface area (Å²) in [7, 11) is 0. The number of aromatic nitrogens is 3. The van der Waals surface area contributed by atoms with Gasteiger partial charge in [0.15, 0.2) is 11.5 Å². The molecule has 5 rings (SSSR count). The van der Waals surface area contributed by atoms with Crippen LogP contribution in [-0.2, 0) is 18.9 Å². The molecule has 3 N–H and O–H groups in total. The predicted molar refractivity (Wildman–Crippen MR) is 137 cm³/mol. The molecule has 212 valence electrons. The Morgan fingerprint density at radius 3 is 2.56 bits per heavy atom. The number of rotatable bonds is 7. The summed E-state index contributed by atoms with van der Waals surface area (Å²) in [6, 6.07) is 6.81. The van der Waals surface area contributed by atoms with Gasteiger partial charge in [0.1, 0.15) is 17.2 Å². The van der Waals surface area contributed by atoms with Gasteiger partial charge in [0.2, 0.25) is 0 Å². The van der Waals surface area contributed by atoms with Gasteiger partial charge in [0.25, 0.3) is 17.7 Å². The lowest BCUT2D eigenvalue weighted by molar-refractivity contribution is 0.0136. The van der Waals surface area contributed by atoms with E-state index in [1.54, 1.807) is 13.0 Å². The molecule has 0 unspecified atom stereocenters. The van der Waals surface area contributed by atoms with Crippen LogP contribution >= 0.6 is 0 Å². The molecule has 0 radical (unpaired) electrons. The number of carbonyl (C=O) groups is 3. The molecule has 0 saturated carbocycles. The van der Waals surface area contributed by atoms with Crippen LogP contribution in [0.15, 0.2) is 42.6 Å². The van der Waals surface area contributed by atoms with Gasteiger partial charge in [-0.05, 0) is 60.2 Å². The van der Waals surface area contributed by atoms with Crippen LogP contribution in [0.3, 0.4) is 0 Å². The highest BCUT2D eigenvalue weighted by molar-refractivity contribution is 5.98. The molecular weight excluding hydrogens is 546 g/mol. The van der Waals surface area contributed by atoms with Crippen molar-refractivity contribution in [2.45, 2.75) is 45.2 Å². The zero-order chi connectivity index (χ0) is 29.6. The molecule has 0 saturated heterocycles. The molecule has 2 aromatic heterocycles. The molecule has 1 atom stereocenters. The standard InChI is InChI=1S/C28H23F4N5O4/c1-13-15-6-8-21(17(15)5-4-16(13)27(40)41)36-26(39)23-10-22(35-24-20(30)12-34-37(23)24)25(38)33-11-14-3-7-19(29)18(9-14)28(2,31)32/h3-5,7,9-10,12,21H,6,8,11H2,1-2H3,(H,33,38)(H,36,39)(H,40,41)/t21-/m0/s1. The van der Waals surface area contributed by atoms with Crippen molar-refractivity contribution in [1.82, 2.24) is 25.2 Å². The van der Waals surface area contributed by atoms with E-state index in [9.17, 15) is 37.1 Å². The number of hydrogen-bond donors (Lipinski definition) is 3. The molecule has 0 aliphatic heterocycles. The number of halogens is 4. The summed E-state index contributed by atoms with van der Waals surface area (Å²) < 4.78 is 56.6. The highest BCUT2D eigenvalue weighted by Crippen LogP contribution is 2.35. The summed E-state index contributed by atoms with van der Waals surface area (Å²) in [6.07, 6.45) is 1.88. The lowest BCUT2D eigenvalue weighted by Gasteiger charge is -2.16. The fraction of sp³-hybridized carbons (Fsp3) is 0.250. The Bertz CT molecular complexity index is 1730. The van der Waals surface area contributed by atoms with E-state index >= 15 is 0 Å². The van der Waals surface area contributed by atoms with Gasteiger partial charge in [0, 0.05) is 19.5 Å². The van der Waals surface area contributed by atoms with Crippen LogP contribution < -0.4 is 10.6 Å². The Morgan fingerprint density at radius 2 is 1.85 bits per heavy atom. The Morgan fingerprint density at radius 1 is 1.10 bits per heavy atom. The normalized spacial score (nSPS) is 14.6. The molecule has 0 fully saturated rings. The fourth-order valence-electron chi connectivity index (χ4n) is 5.00. The van der Waals surface area contributed by atoms with Gasteiger partial charge in [-0.15, -0.1) is 0 Å². The maximum Gasteiger partial charge on any atom is 0.335 e. The summed E-state index contributed by atoms with van der Waals surface area (Å²) in [5, 5.41) is 18.6. The van der Waals surface area contributed by atoms with Crippen LogP contribution in [0, 0.1) is 18.6 Å². The summed E-state index contributed by atoms with van der Waals surface area (Å²) >= 11 is 0. The van der Waals surface area contributed by atoms with Crippen LogP contribution in [0.2, 0.25) is 0 Å². The monoisotopic (exact) mass is 569 g/mol. The van der Waals surface area contributed by atoms with Crippen molar-refractivity contribution in [3.8, 4) is 0 Å². The van der Waals surface area contributed by atoms with Gasteiger partial charge in [-0.25, -0.2) is 31.9 Å². The van der Waals surface area contributed by atoms with E-state index < -0.39 is 46.9 Å². The maximum absolute atomic E-state index is 14.5. The van der Waals surface area contributed by atoms with E-state index in [4.69, 9.17) is 0 Å². The van der Waals surface area contributed by atoms with Crippen LogP contribution in [0.5, 0.6) is 0 Å². The Balaban J connectivity index is 1.39. The van der Waals surface area contributed by atoms with E-state index in [0.717, 1.165) is 40.0 Å². The van der Waals surface area contributed by atoms with Gasteiger partial charge in [0.05, 0.1) is 23.4 Å². The number of fused-ring (bicyclic) bond motifs is 2. The Labute approximate surface area is 230 Å². The van der Waals surface area contributed by atoms with Gasteiger partial charge < -0.3 is 15.7 Å². The van der Waals surface area contributed by atoms with Crippen molar-refractivity contribution in [3.63, 3.8) is 0 Å². The highest BCUT2D eigenvalue weighted by Gasteiger charge is 2.30. The lowest BCUT2D eigenvalue weighted by Crippen LogP contribution is -2.31. The third-order valence-corrected chi connectivity index (χ3v) is 7.08. The van der Waals surface area contributed by atoms with Crippen molar-refractivity contribution < 1.29 is 37.1 Å². The quantitative estimate of drug-likeness (QED) is 0.282. The maximum atomic E-state index is 14.5. The van der Waals surface area contributed by atoms with Crippen molar-refractivity contribution in [2.24, 2.45) is 0 Å². The fourth-order valence-corrected chi connectivity index (χ4v) is 5.00. The van der Waals surface area contributed by atoms with E-state index in [1.165, 1.54) is 12.1 Å². The van der Waals surface area contributed by atoms with Gasteiger partial charge in [-0.3, -0.25) is 9.59 Å². The van der Waals surface area contributed by atoms with Crippen molar-refractivity contribution in [2.75, 3.05) is 0 Å². The number of nitrogens with zero attached hydrogens (tertiary/aromatic N) is 3. The van der Waals surface area contributed by atoms with Crippen molar-refractivity contribution >= 4 is 23.4 Å². The Hall–Kier alpha value is -4.81. The van der Waals surface area contributed by atoms with Crippen LogP contribution in [-0.4, -0.2) is 37.5 Å². The molecule has 13 heteroatoms. The lowest BCUT2D eigenvalue weighted by atomic mass is 9.98. The number of amides is 2. The number of carboxylic acid groups (broad SMARTS) is 1. The number of carboxylic acids is 1. The number of hydrogen-bond acceptors (Lipinski definition) is 5. The van der Waals surface area contributed by atoms with Gasteiger partial charge >= 0.3 is 5.97 Å². The third kappa shape index (κ3) is 5.22. The second-order valence-electron chi connectivity index (χ2n) is 9.82. The minimum Gasteiger partial charge on any atom is -0.478 e. The Kier molecular flexibility index (Phi) is 6.97. The van der Waals surface area contributed by atoms with Crippen LogP contribution in [0.4, 0.5) is 17.6 Å². The van der Waals surface area contributed by atoms with Crippen molar-refractivity contribution in [3.05, 3.63) is 99.0 Å². The average Bonchev–Trinajstić information content (AvgIpc) is 3.50. The molecule has 4 aromatic rings. The first-order valence-corrected chi connectivity index (χ1v) is 12.5. The van der Waals surface area contributed by atoms with Gasteiger partial charge in [-0.2, -0.15) is 5.10 Å². The molecule has 1 aliphatic carbocycles. The summed E-state index contributed by atoms with van der Waals surface area (Å²) in [6.45, 7) is 1.99. The van der Waals surface area contributed by atoms with Crippen LogP contribution in [0.25, 0.3) is 5.65 Å². The molecule has 1 aliphatic rings. The minimum atomic E-state index is -3.43. The van der Waals surface area contributed by atoms with E-state index in [1.807, 2.05) is 0 Å². The molecular formula is C28H23F4N5O4. The first-order chi connectivity index (χ1) is 19.3. The molecule has 0 spiro atoms. The second-order valence-corrected chi connectivity index (χ2v) is 9.82. The summed E-state index contributed by atoms with van der Waals surface area (Å²) in [4.78, 5) is 41.7. The van der Waals surface area contributed by atoms with Gasteiger partial charge in [-0.1, -0.05) is 12.1 Å². The first-order valence-electron chi connectivity index (χ1n) is 12.5. The number of alkyl halides is 2. The second kappa shape index (κ2) is 10.3. The zero-order valence-electron chi connectivity index (χ0n) is 21.8. The smallest absolute Gasteiger partial charge is 0.335 e.